The summed E-state index contributed by atoms with van der Waals surface area (Å²) in [5.41, 5.74) is 0. The van der Waals surface area contributed by atoms with Crippen molar-refractivity contribution in [2.45, 2.75) is 12.5 Å². The van der Waals surface area contributed by atoms with E-state index in [1.165, 1.54) is 14.2 Å². The fourth-order valence-corrected chi connectivity index (χ4v) is 1.66. The van der Waals surface area contributed by atoms with Crippen molar-refractivity contribution in [2.75, 3.05) is 14.2 Å². The van der Waals surface area contributed by atoms with Gasteiger partial charge in [-0.25, -0.2) is 0 Å². The maximum atomic E-state index is 11.4. The smallest absolute Gasteiger partial charge is 0.320 e. The number of hydrogen-bond donors (Lipinski definition) is 1. The summed E-state index contributed by atoms with van der Waals surface area (Å²) >= 11 is 0. The fraction of sp³-hybridized carbons (Fsp3) is 0.600. The van der Waals surface area contributed by atoms with Crippen molar-refractivity contribution in [1.29, 1.82) is 0 Å². The summed E-state index contributed by atoms with van der Waals surface area (Å²) in [6, 6.07) is 0. The average molecular weight is 214 g/mol. The molecule has 0 radical (unpaired) electrons. The van der Waals surface area contributed by atoms with Crippen LogP contribution in [0.3, 0.4) is 0 Å². The number of carbonyl (C=O) groups excluding carboxylic acids is 2. The summed E-state index contributed by atoms with van der Waals surface area (Å²) in [4.78, 5) is 22.8. The third-order valence-electron chi connectivity index (χ3n) is 2.48. The van der Waals surface area contributed by atoms with E-state index in [2.05, 4.69) is 9.47 Å². The Labute approximate surface area is 87.7 Å². The summed E-state index contributed by atoms with van der Waals surface area (Å²) in [7, 11) is 2.40. The number of methoxy groups -OCH3 is 2. The number of ether oxygens (including phenoxy) is 2. The van der Waals surface area contributed by atoms with Gasteiger partial charge in [0.2, 0.25) is 0 Å². The lowest BCUT2D eigenvalue weighted by Crippen LogP contribution is -2.36. The molecule has 1 N–H and O–H groups in total. The van der Waals surface area contributed by atoms with Gasteiger partial charge in [0, 0.05) is 5.92 Å². The van der Waals surface area contributed by atoms with Gasteiger partial charge in [0.1, 0.15) is 0 Å². The molecule has 0 aliphatic heterocycles. The van der Waals surface area contributed by atoms with E-state index in [1.807, 2.05) is 0 Å². The molecule has 1 rings (SSSR count). The molecule has 5 nitrogen and oxygen atoms in total. The van der Waals surface area contributed by atoms with Crippen LogP contribution in [0.25, 0.3) is 0 Å². The Bertz CT molecular complexity index is 268. The summed E-state index contributed by atoms with van der Waals surface area (Å²) in [5.74, 6) is -2.99. The molecule has 0 aromatic rings. The summed E-state index contributed by atoms with van der Waals surface area (Å²) in [5, 5.41) is 9.57. The SMILES string of the molecule is COC(=O)C(C(=O)OC)[C@@H]1C=CC[C@H]1O. The molecule has 0 spiro atoms. The minimum atomic E-state index is -1.08. The Morgan fingerprint density at radius 2 is 1.87 bits per heavy atom. The molecule has 1 aliphatic carbocycles. The van der Waals surface area contributed by atoms with Crippen molar-refractivity contribution in [1.82, 2.24) is 0 Å². The Hall–Kier alpha value is -1.36. The molecule has 0 saturated heterocycles. The van der Waals surface area contributed by atoms with Crippen molar-refractivity contribution in [3.8, 4) is 0 Å². The second kappa shape index (κ2) is 4.93. The van der Waals surface area contributed by atoms with Crippen LogP contribution in [0.5, 0.6) is 0 Å². The molecule has 0 aromatic heterocycles. The van der Waals surface area contributed by atoms with Gasteiger partial charge in [0.15, 0.2) is 5.92 Å². The van der Waals surface area contributed by atoms with E-state index in [4.69, 9.17) is 0 Å². The first kappa shape index (κ1) is 11.7. The van der Waals surface area contributed by atoms with Gasteiger partial charge < -0.3 is 14.6 Å². The number of carbonyl (C=O) groups is 2. The summed E-state index contributed by atoms with van der Waals surface area (Å²) in [6.07, 6.45) is 3.08. The molecule has 0 amide bonds. The molecule has 0 aromatic carbocycles. The Balaban J connectivity index is 2.85. The topological polar surface area (TPSA) is 72.8 Å². The van der Waals surface area contributed by atoms with Gasteiger partial charge in [-0.05, 0) is 6.42 Å². The number of aliphatic hydroxyl groups is 1. The van der Waals surface area contributed by atoms with Gasteiger partial charge >= 0.3 is 11.9 Å². The van der Waals surface area contributed by atoms with Gasteiger partial charge in [0.05, 0.1) is 20.3 Å². The first-order valence-electron chi connectivity index (χ1n) is 4.62. The van der Waals surface area contributed by atoms with Gasteiger partial charge in [-0.15, -0.1) is 0 Å². The first-order chi connectivity index (χ1) is 7.11. The Morgan fingerprint density at radius 3 is 2.20 bits per heavy atom. The van der Waals surface area contributed by atoms with Crippen LogP contribution in [0, 0.1) is 11.8 Å². The normalized spacial score (nSPS) is 24.3. The van der Waals surface area contributed by atoms with Crippen LogP contribution in [0.15, 0.2) is 12.2 Å². The van der Waals surface area contributed by atoms with E-state index in [-0.39, 0.29) is 0 Å². The monoisotopic (exact) mass is 214 g/mol. The highest BCUT2D eigenvalue weighted by Gasteiger charge is 2.40. The quantitative estimate of drug-likeness (QED) is 0.403. The first-order valence-corrected chi connectivity index (χ1v) is 4.62. The molecule has 0 heterocycles. The van der Waals surface area contributed by atoms with Crippen LogP contribution < -0.4 is 0 Å². The van der Waals surface area contributed by atoms with Crippen molar-refractivity contribution in [2.24, 2.45) is 11.8 Å². The average Bonchev–Trinajstić information content (AvgIpc) is 2.64. The maximum Gasteiger partial charge on any atom is 0.320 e. The highest BCUT2D eigenvalue weighted by atomic mass is 16.5. The van der Waals surface area contributed by atoms with E-state index < -0.39 is 29.9 Å². The molecule has 5 heteroatoms. The van der Waals surface area contributed by atoms with E-state index >= 15 is 0 Å². The molecule has 0 saturated carbocycles. The predicted molar refractivity (Wildman–Crippen MR) is 50.8 cm³/mol. The van der Waals surface area contributed by atoms with E-state index in [0.717, 1.165) is 0 Å². The molecule has 0 unspecified atom stereocenters. The zero-order valence-electron chi connectivity index (χ0n) is 8.67. The number of hydrogen-bond acceptors (Lipinski definition) is 5. The third kappa shape index (κ3) is 2.36. The fourth-order valence-electron chi connectivity index (χ4n) is 1.66. The Kier molecular flexibility index (Phi) is 3.85. The third-order valence-corrected chi connectivity index (χ3v) is 2.48. The molecule has 0 fully saturated rings. The lowest BCUT2D eigenvalue weighted by atomic mass is 9.90. The van der Waals surface area contributed by atoms with Gasteiger partial charge in [-0.1, -0.05) is 12.2 Å². The molecule has 0 bridgehead atoms. The molecule has 1 aliphatic rings. The van der Waals surface area contributed by atoms with Crippen LogP contribution in [-0.4, -0.2) is 37.4 Å². The van der Waals surface area contributed by atoms with Crippen molar-refractivity contribution >= 4 is 11.9 Å². The molecular weight excluding hydrogens is 200 g/mol. The van der Waals surface area contributed by atoms with Crippen LogP contribution in [0.1, 0.15) is 6.42 Å². The van der Waals surface area contributed by atoms with Crippen LogP contribution in [0.2, 0.25) is 0 Å². The highest BCUT2D eigenvalue weighted by Crippen LogP contribution is 2.27. The van der Waals surface area contributed by atoms with Crippen LogP contribution >= 0.6 is 0 Å². The number of esters is 2. The summed E-state index contributed by atoms with van der Waals surface area (Å²) < 4.78 is 9.02. The molecule has 15 heavy (non-hydrogen) atoms. The lowest BCUT2D eigenvalue weighted by molar-refractivity contribution is -0.162. The molecule has 2 atom stereocenters. The minimum Gasteiger partial charge on any atom is -0.468 e. The van der Waals surface area contributed by atoms with Crippen molar-refractivity contribution in [3.63, 3.8) is 0 Å². The van der Waals surface area contributed by atoms with Crippen LogP contribution in [0.4, 0.5) is 0 Å². The lowest BCUT2D eigenvalue weighted by Gasteiger charge is -2.20. The zero-order chi connectivity index (χ0) is 11.4. The molecular formula is C10H14O5. The summed E-state index contributed by atoms with van der Waals surface area (Å²) in [6.45, 7) is 0. The molecule has 84 valence electrons. The van der Waals surface area contributed by atoms with Gasteiger partial charge in [0.25, 0.3) is 0 Å². The minimum absolute atomic E-state index is 0.440. The van der Waals surface area contributed by atoms with Crippen LogP contribution in [-0.2, 0) is 19.1 Å². The van der Waals surface area contributed by atoms with Crippen molar-refractivity contribution in [3.05, 3.63) is 12.2 Å². The van der Waals surface area contributed by atoms with E-state index in [9.17, 15) is 14.7 Å². The predicted octanol–water partition coefficient (Wildman–Crippen LogP) is -0.114. The highest BCUT2D eigenvalue weighted by molar-refractivity contribution is 5.95. The van der Waals surface area contributed by atoms with E-state index in [0.29, 0.717) is 6.42 Å². The Morgan fingerprint density at radius 1 is 1.33 bits per heavy atom. The second-order valence-corrected chi connectivity index (χ2v) is 3.33. The van der Waals surface area contributed by atoms with Crippen molar-refractivity contribution < 1.29 is 24.2 Å². The number of aliphatic hydroxyl groups excluding tert-OH is 1. The second-order valence-electron chi connectivity index (χ2n) is 3.33. The number of rotatable bonds is 3. The van der Waals surface area contributed by atoms with E-state index in [1.54, 1.807) is 12.2 Å². The van der Waals surface area contributed by atoms with Gasteiger partial charge in [-0.3, -0.25) is 9.59 Å². The maximum absolute atomic E-state index is 11.4. The largest absolute Gasteiger partial charge is 0.468 e. The zero-order valence-corrected chi connectivity index (χ0v) is 8.67. The standard InChI is InChI=1S/C10H14O5/c1-14-9(12)8(10(13)15-2)6-4-3-5-7(6)11/h3-4,6-8,11H,5H2,1-2H3/t6-,7-/m1/s1. The van der Waals surface area contributed by atoms with Gasteiger partial charge in [-0.2, -0.15) is 0 Å².